The van der Waals surface area contributed by atoms with Crippen LogP contribution >= 0.6 is 0 Å². The minimum Gasteiger partial charge on any atom is -0.394 e. The molecule has 4 nitrogen and oxygen atoms in total. The SMILES string of the molecule is CC/C=C\C/C=C\C/C=C\C/C=C\C/C=C\C/C=C\CCCCC(=O)NC(CO)C(O)/C=C/CC/C=C/CC/C=C/CCCCCCCCCCCCCCCCCCCCCCCCC. The highest BCUT2D eigenvalue weighted by Crippen LogP contribution is 2.16. The molecule has 2 atom stereocenters. The Hall–Kier alpha value is -2.95. The molecule has 0 aromatic heterocycles. The molecule has 66 heavy (non-hydrogen) atoms. The topological polar surface area (TPSA) is 69.6 Å². The van der Waals surface area contributed by atoms with Crippen molar-refractivity contribution < 1.29 is 15.0 Å². The molecule has 1 amide bonds. The highest BCUT2D eigenvalue weighted by molar-refractivity contribution is 5.76. The van der Waals surface area contributed by atoms with Gasteiger partial charge in [0.15, 0.2) is 0 Å². The standard InChI is InChI=1S/C62H107NO3/c1-3-5-7-9-11-13-15-17-19-21-23-25-26-27-28-29-30-31-32-33-34-35-36-38-39-41-43-45-47-49-51-53-55-57-61(65)60(59-64)63-62(66)58-56-54-52-50-48-46-44-42-40-37-24-22-20-18-16-14-12-10-8-6-4-2/h6,8,12,14,18,20,24,37,39,41-42,44,47-50,55,57,60-61,64-65H,3-5,7,9-11,13,15-17,19,21-23,25-36,38,40,43,45-46,51-54,56,58-59H2,1-2H3,(H,63,66)/b8-6-,14-12-,20-18-,37-24-,41-39+,44-42-,49-47+,50-48-,57-55+. The molecule has 0 aliphatic rings. The number of rotatable bonds is 50. The molecular formula is C62H107NO3. The highest BCUT2D eigenvalue weighted by Gasteiger charge is 2.17. The number of allylic oxidation sites excluding steroid dienone is 17. The van der Waals surface area contributed by atoms with Gasteiger partial charge in [-0.15, -0.1) is 0 Å². The lowest BCUT2D eigenvalue weighted by Crippen LogP contribution is -2.45. The van der Waals surface area contributed by atoms with Gasteiger partial charge in [0.05, 0.1) is 18.8 Å². The van der Waals surface area contributed by atoms with Crippen molar-refractivity contribution in [1.29, 1.82) is 0 Å². The van der Waals surface area contributed by atoms with Gasteiger partial charge in [-0.1, -0.05) is 264 Å². The predicted molar refractivity (Wildman–Crippen MR) is 294 cm³/mol. The summed E-state index contributed by atoms with van der Waals surface area (Å²) in [4.78, 5) is 12.4. The fourth-order valence-electron chi connectivity index (χ4n) is 7.98. The molecule has 4 heteroatoms. The average molecular weight is 915 g/mol. The van der Waals surface area contributed by atoms with Gasteiger partial charge in [0, 0.05) is 6.42 Å². The third-order valence-corrected chi connectivity index (χ3v) is 12.2. The van der Waals surface area contributed by atoms with Crippen molar-refractivity contribution in [2.45, 2.75) is 270 Å². The van der Waals surface area contributed by atoms with Crippen LogP contribution in [-0.2, 0) is 4.79 Å². The molecule has 0 aromatic rings. The van der Waals surface area contributed by atoms with Gasteiger partial charge in [-0.05, 0) is 96.3 Å². The molecule has 0 radical (unpaired) electrons. The Balaban J connectivity index is 3.63. The van der Waals surface area contributed by atoms with Crippen molar-refractivity contribution in [3.63, 3.8) is 0 Å². The molecule has 0 bridgehead atoms. The molecular weight excluding hydrogens is 807 g/mol. The Labute approximate surface area is 410 Å². The minimum absolute atomic E-state index is 0.123. The van der Waals surface area contributed by atoms with E-state index in [2.05, 4.69) is 116 Å². The van der Waals surface area contributed by atoms with E-state index in [9.17, 15) is 15.0 Å². The Morgan fingerprint density at radius 3 is 1.06 bits per heavy atom. The van der Waals surface area contributed by atoms with Gasteiger partial charge in [0.2, 0.25) is 5.91 Å². The van der Waals surface area contributed by atoms with E-state index >= 15 is 0 Å². The van der Waals surface area contributed by atoms with E-state index < -0.39 is 12.1 Å². The van der Waals surface area contributed by atoms with Crippen molar-refractivity contribution in [3.8, 4) is 0 Å². The number of aliphatic hydroxyl groups is 2. The fourth-order valence-corrected chi connectivity index (χ4v) is 7.98. The van der Waals surface area contributed by atoms with Gasteiger partial charge in [-0.25, -0.2) is 0 Å². The van der Waals surface area contributed by atoms with Gasteiger partial charge in [-0.2, -0.15) is 0 Å². The fraction of sp³-hybridized carbons (Fsp3) is 0.694. The summed E-state index contributed by atoms with van der Waals surface area (Å²) in [6.45, 7) is 4.17. The number of hydrogen-bond acceptors (Lipinski definition) is 3. The summed E-state index contributed by atoms with van der Waals surface area (Å²) in [6, 6.07) is -0.678. The zero-order valence-electron chi connectivity index (χ0n) is 43.4. The van der Waals surface area contributed by atoms with Crippen LogP contribution in [0.25, 0.3) is 0 Å². The normalized spacial score (nSPS) is 13.7. The molecule has 0 saturated carbocycles. The lowest BCUT2D eigenvalue weighted by atomic mass is 10.0. The molecule has 0 aliphatic heterocycles. The molecule has 0 rings (SSSR count). The Morgan fingerprint density at radius 2 is 0.682 bits per heavy atom. The summed E-state index contributed by atoms with van der Waals surface area (Å²) in [5.41, 5.74) is 0. The number of amides is 1. The van der Waals surface area contributed by atoms with Crippen LogP contribution in [-0.4, -0.2) is 34.9 Å². The maximum atomic E-state index is 12.4. The molecule has 3 N–H and O–H groups in total. The van der Waals surface area contributed by atoms with E-state index in [4.69, 9.17) is 0 Å². The van der Waals surface area contributed by atoms with E-state index in [0.29, 0.717) is 6.42 Å². The van der Waals surface area contributed by atoms with Crippen LogP contribution in [0.5, 0.6) is 0 Å². The maximum absolute atomic E-state index is 12.4. The first-order chi connectivity index (χ1) is 32.7. The number of nitrogens with one attached hydrogen (secondary N) is 1. The Bertz CT molecular complexity index is 1270. The van der Waals surface area contributed by atoms with Crippen molar-refractivity contribution in [2.24, 2.45) is 0 Å². The second-order valence-corrected chi connectivity index (χ2v) is 18.6. The molecule has 0 spiro atoms. The third kappa shape index (κ3) is 52.0. The monoisotopic (exact) mass is 914 g/mol. The van der Waals surface area contributed by atoms with Crippen LogP contribution in [0, 0.1) is 0 Å². The summed E-state index contributed by atoms with van der Waals surface area (Å²) in [5.74, 6) is -0.123. The summed E-state index contributed by atoms with van der Waals surface area (Å²) >= 11 is 0. The van der Waals surface area contributed by atoms with Crippen molar-refractivity contribution >= 4 is 5.91 Å². The van der Waals surface area contributed by atoms with Crippen molar-refractivity contribution in [1.82, 2.24) is 5.32 Å². The molecule has 0 heterocycles. The Kier molecular flexibility index (Phi) is 53.9. The number of carbonyl (C=O) groups excluding carboxylic acids is 1. The molecule has 0 aromatic carbocycles. The molecule has 2 unspecified atom stereocenters. The van der Waals surface area contributed by atoms with E-state index in [1.165, 1.54) is 154 Å². The third-order valence-electron chi connectivity index (χ3n) is 12.2. The number of carbonyl (C=O) groups is 1. The van der Waals surface area contributed by atoms with Gasteiger partial charge < -0.3 is 15.5 Å². The lowest BCUT2D eigenvalue weighted by molar-refractivity contribution is -0.123. The van der Waals surface area contributed by atoms with E-state index in [0.717, 1.165) is 83.5 Å². The van der Waals surface area contributed by atoms with Gasteiger partial charge in [0.1, 0.15) is 0 Å². The summed E-state index contributed by atoms with van der Waals surface area (Å²) < 4.78 is 0. The number of hydrogen-bond donors (Lipinski definition) is 3. The first-order valence-corrected chi connectivity index (χ1v) is 28.1. The predicted octanol–water partition coefficient (Wildman–Crippen LogP) is 18.7. The second-order valence-electron chi connectivity index (χ2n) is 18.6. The van der Waals surface area contributed by atoms with Gasteiger partial charge in [0.25, 0.3) is 0 Å². The van der Waals surface area contributed by atoms with E-state index in [1.807, 2.05) is 6.08 Å². The summed E-state index contributed by atoms with van der Waals surface area (Å²) in [7, 11) is 0. The summed E-state index contributed by atoms with van der Waals surface area (Å²) in [6.07, 6.45) is 85.5. The van der Waals surface area contributed by atoms with Gasteiger partial charge in [-0.3, -0.25) is 4.79 Å². The Morgan fingerprint density at radius 1 is 0.379 bits per heavy atom. The van der Waals surface area contributed by atoms with Crippen LogP contribution in [0.15, 0.2) is 109 Å². The zero-order chi connectivity index (χ0) is 47.7. The zero-order valence-corrected chi connectivity index (χ0v) is 43.4. The average Bonchev–Trinajstić information content (AvgIpc) is 3.32. The highest BCUT2D eigenvalue weighted by atomic mass is 16.3. The number of aliphatic hydroxyl groups excluding tert-OH is 2. The van der Waals surface area contributed by atoms with Crippen LogP contribution in [0.4, 0.5) is 0 Å². The minimum atomic E-state index is -0.898. The molecule has 378 valence electrons. The van der Waals surface area contributed by atoms with Crippen molar-refractivity contribution in [3.05, 3.63) is 109 Å². The number of unbranched alkanes of at least 4 members (excludes halogenated alkanes) is 27. The quantitative estimate of drug-likeness (QED) is 0.0421. The summed E-state index contributed by atoms with van der Waals surface area (Å²) in [5, 5.41) is 23.1. The molecule has 0 aliphatic carbocycles. The molecule has 0 fully saturated rings. The first kappa shape index (κ1) is 63.1. The van der Waals surface area contributed by atoms with Crippen LogP contribution in [0.1, 0.15) is 258 Å². The first-order valence-electron chi connectivity index (χ1n) is 28.1. The largest absolute Gasteiger partial charge is 0.394 e. The van der Waals surface area contributed by atoms with Crippen molar-refractivity contribution in [2.75, 3.05) is 6.61 Å². The lowest BCUT2D eigenvalue weighted by Gasteiger charge is -2.19. The van der Waals surface area contributed by atoms with Crippen LogP contribution < -0.4 is 5.32 Å². The van der Waals surface area contributed by atoms with Gasteiger partial charge >= 0.3 is 0 Å². The van der Waals surface area contributed by atoms with E-state index in [1.54, 1.807) is 6.08 Å². The smallest absolute Gasteiger partial charge is 0.220 e. The second kappa shape index (κ2) is 56.4. The maximum Gasteiger partial charge on any atom is 0.220 e. The molecule has 0 saturated heterocycles. The van der Waals surface area contributed by atoms with E-state index in [-0.39, 0.29) is 12.5 Å². The van der Waals surface area contributed by atoms with Crippen LogP contribution in [0.2, 0.25) is 0 Å². The van der Waals surface area contributed by atoms with Crippen LogP contribution in [0.3, 0.4) is 0 Å².